The summed E-state index contributed by atoms with van der Waals surface area (Å²) in [6, 6.07) is 14.9. The number of nitrogens with one attached hydrogen (secondary N) is 1. The standard InChI is InChI=1S/C38H45F2N7O3S/c1-38(2,3)45-22-20-44(21-23-45)33-28(6-4-7-29(33)40)36-46(19-13-25-9-11-26(39)12-10-25)35(49)31(51-36)24-32(48)43-17-14-27(15-18-43)47-30-8-5-16-41-34(30)42-37(47)50/h4-12,16,27,31,36H,13-15,17-24H2,1-3H3,(H,41,42,50)/t31-,36?/m0/s1. The van der Waals surface area contributed by atoms with Gasteiger partial charge in [0.05, 0.1) is 16.5 Å². The minimum atomic E-state index is -0.635. The van der Waals surface area contributed by atoms with E-state index in [1.165, 1.54) is 30.0 Å². The first-order chi connectivity index (χ1) is 24.5. The number of likely N-dealkylation sites (tertiary alicyclic amines) is 1. The van der Waals surface area contributed by atoms with Crippen LogP contribution in [0.3, 0.4) is 0 Å². The Labute approximate surface area is 300 Å². The summed E-state index contributed by atoms with van der Waals surface area (Å²) in [6.45, 7) is 10.7. The number of aromatic nitrogens is 3. The molecular weight excluding hydrogens is 673 g/mol. The summed E-state index contributed by atoms with van der Waals surface area (Å²) in [5.41, 5.74) is 3.23. The fourth-order valence-electron chi connectivity index (χ4n) is 7.74. The Kier molecular flexibility index (Phi) is 9.95. The Bertz CT molecular complexity index is 1940. The maximum atomic E-state index is 15.8. The largest absolute Gasteiger partial charge is 0.366 e. The molecule has 3 aliphatic heterocycles. The molecule has 51 heavy (non-hydrogen) atoms. The molecule has 1 N–H and O–H groups in total. The van der Waals surface area contributed by atoms with Crippen molar-refractivity contribution in [1.82, 2.24) is 29.2 Å². The zero-order valence-electron chi connectivity index (χ0n) is 29.4. The van der Waals surface area contributed by atoms with Crippen molar-refractivity contribution < 1.29 is 18.4 Å². The van der Waals surface area contributed by atoms with E-state index in [0.29, 0.717) is 63.3 Å². The normalized spacial score (nSPS) is 20.9. The fraction of sp³-hybridized carbons (Fsp3) is 0.474. The fourth-order valence-corrected chi connectivity index (χ4v) is 9.24. The Morgan fingerprint density at radius 1 is 0.941 bits per heavy atom. The van der Waals surface area contributed by atoms with Gasteiger partial charge in [-0.25, -0.2) is 18.6 Å². The summed E-state index contributed by atoms with van der Waals surface area (Å²) in [6.07, 6.45) is 3.39. The Hall–Kier alpha value is -4.23. The summed E-state index contributed by atoms with van der Waals surface area (Å²) < 4.78 is 31.2. The molecule has 3 aliphatic rings. The third kappa shape index (κ3) is 7.28. The number of halogens is 2. The summed E-state index contributed by atoms with van der Waals surface area (Å²) in [4.78, 5) is 55.8. The number of carbonyl (C=O) groups is 2. The van der Waals surface area contributed by atoms with E-state index in [1.807, 2.05) is 12.1 Å². The molecule has 0 spiro atoms. The van der Waals surface area contributed by atoms with Gasteiger partial charge in [-0.1, -0.05) is 24.3 Å². The van der Waals surface area contributed by atoms with Crippen molar-refractivity contribution in [2.75, 3.05) is 50.7 Å². The van der Waals surface area contributed by atoms with E-state index < -0.39 is 10.6 Å². The molecule has 0 bridgehead atoms. The average molecular weight is 718 g/mol. The van der Waals surface area contributed by atoms with Crippen LogP contribution in [0.4, 0.5) is 14.5 Å². The molecule has 2 aromatic heterocycles. The third-order valence-corrected chi connectivity index (χ3v) is 12.0. The number of aromatic amines is 1. The summed E-state index contributed by atoms with van der Waals surface area (Å²) >= 11 is 1.41. The van der Waals surface area contributed by atoms with E-state index in [-0.39, 0.29) is 47.1 Å². The number of rotatable bonds is 8. The number of carbonyl (C=O) groups excluding carboxylic acids is 2. The highest BCUT2D eigenvalue weighted by atomic mass is 32.2. The SMILES string of the molecule is CC(C)(C)N1CCN(c2c(F)cccc2C2S[C@@H](CC(=O)N3CCC(n4c(=O)[nH]c5ncccc54)CC3)C(=O)N2CCc2ccc(F)cc2)CC1. The van der Waals surface area contributed by atoms with Crippen molar-refractivity contribution in [2.24, 2.45) is 0 Å². The molecule has 2 atom stereocenters. The lowest BCUT2D eigenvalue weighted by atomic mass is 10.0. The molecule has 3 fully saturated rings. The third-order valence-electron chi connectivity index (χ3n) is 10.6. The summed E-state index contributed by atoms with van der Waals surface area (Å²) in [5.74, 6) is -0.908. The predicted molar refractivity (Wildman–Crippen MR) is 196 cm³/mol. The van der Waals surface area contributed by atoms with Gasteiger partial charge in [-0.05, 0) is 75.9 Å². The van der Waals surface area contributed by atoms with Crippen LogP contribution >= 0.6 is 11.8 Å². The van der Waals surface area contributed by atoms with Gasteiger partial charge < -0.3 is 14.7 Å². The molecule has 0 aliphatic carbocycles. The molecule has 4 aromatic rings. The second-order valence-electron chi connectivity index (χ2n) is 14.7. The zero-order valence-corrected chi connectivity index (χ0v) is 30.2. The van der Waals surface area contributed by atoms with Gasteiger partial charge in [0.1, 0.15) is 17.0 Å². The van der Waals surface area contributed by atoms with Crippen LogP contribution in [0.5, 0.6) is 0 Å². The van der Waals surface area contributed by atoms with Gasteiger partial charge in [-0.2, -0.15) is 0 Å². The zero-order chi connectivity index (χ0) is 35.9. The van der Waals surface area contributed by atoms with Gasteiger partial charge >= 0.3 is 5.69 Å². The number of para-hydroxylation sites is 1. The number of nitrogens with zero attached hydrogens (tertiary/aromatic N) is 6. The Morgan fingerprint density at radius 2 is 1.67 bits per heavy atom. The van der Waals surface area contributed by atoms with Crippen LogP contribution in [-0.4, -0.2) is 97.7 Å². The van der Waals surface area contributed by atoms with Crippen LogP contribution < -0.4 is 10.6 Å². The van der Waals surface area contributed by atoms with Crippen LogP contribution in [0.1, 0.15) is 62.6 Å². The van der Waals surface area contributed by atoms with Crippen molar-refractivity contribution >= 4 is 40.4 Å². The summed E-state index contributed by atoms with van der Waals surface area (Å²) in [5, 5.41) is -1.13. The Morgan fingerprint density at radius 3 is 2.37 bits per heavy atom. The van der Waals surface area contributed by atoms with E-state index in [9.17, 15) is 18.8 Å². The number of amides is 2. The van der Waals surface area contributed by atoms with Gasteiger partial charge in [0, 0.05) is 75.6 Å². The van der Waals surface area contributed by atoms with Crippen LogP contribution in [0.2, 0.25) is 0 Å². The quantitative estimate of drug-likeness (QED) is 0.262. The number of thioether (sulfide) groups is 1. The van der Waals surface area contributed by atoms with Crippen molar-refractivity contribution in [1.29, 1.82) is 0 Å². The van der Waals surface area contributed by atoms with Crippen LogP contribution in [0.25, 0.3) is 11.2 Å². The highest BCUT2D eigenvalue weighted by molar-refractivity contribution is 8.01. The first kappa shape index (κ1) is 35.2. The van der Waals surface area contributed by atoms with Crippen molar-refractivity contribution in [3.8, 4) is 0 Å². The van der Waals surface area contributed by atoms with Gasteiger partial charge in [0.2, 0.25) is 11.8 Å². The van der Waals surface area contributed by atoms with Crippen molar-refractivity contribution in [2.45, 2.75) is 68.7 Å². The Balaban J connectivity index is 1.09. The lowest BCUT2D eigenvalue weighted by Crippen LogP contribution is -2.53. The maximum absolute atomic E-state index is 15.8. The summed E-state index contributed by atoms with van der Waals surface area (Å²) in [7, 11) is 0. The average Bonchev–Trinajstić information content (AvgIpc) is 3.62. The number of fused-ring (bicyclic) bond motifs is 1. The highest BCUT2D eigenvalue weighted by Gasteiger charge is 2.44. The predicted octanol–water partition coefficient (Wildman–Crippen LogP) is 5.36. The van der Waals surface area contributed by atoms with Crippen LogP contribution in [0, 0.1) is 11.6 Å². The van der Waals surface area contributed by atoms with E-state index in [1.54, 1.807) is 44.8 Å². The minimum absolute atomic E-state index is 0.00970. The first-order valence-corrected chi connectivity index (χ1v) is 18.7. The molecule has 3 saturated heterocycles. The minimum Gasteiger partial charge on any atom is -0.366 e. The maximum Gasteiger partial charge on any atom is 0.327 e. The molecule has 7 rings (SSSR count). The molecule has 0 saturated carbocycles. The van der Waals surface area contributed by atoms with Gasteiger partial charge in [-0.15, -0.1) is 11.8 Å². The van der Waals surface area contributed by atoms with Gasteiger partial charge in [0.15, 0.2) is 5.65 Å². The number of piperidine rings is 1. The molecule has 2 aromatic carbocycles. The van der Waals surface area contributed by atoms with Gasteiger partial charge in [0.25, 0.3) is 0 Å². The molecule has 270 valence electrons. The van der Waals surface area contributed by atoms with E-state index in [4.69, 9.17) is 0 Å². The molecule has 5 heterocycles. The topological polar surface area (TPSA) is 97.8 Å². The van der Waals surface area contributed by atoms with Crippen LogP contribution in [0.15, 0.2) is 65.6 Å². The van der Waals surface area contributed by atoms with E-state index in [0.717, 1.165) is 29.7 Å². The second kappa shape index (κ2) is 14.4. The number of hydrogen-bond donors (Lipinski definition) is 1. The van der Waals surface area contributed by atoms with Gasteiger partial charge in [-0.3, -0.25) is 24.0 Å². The number of hydrogen-bond acceptors (Lipinski definition) is 7. The lowest BCUT2D eigenvalue weighted by molar-refractivity contribution is -0.136. The number of benzene rings is 2. The molecule has 10 nitrogen and oxygen atoms in total. The first-order valence-electron chi connectivity index (χ1n) is 17.8. The second-order valence-corrected chi connectivity index (χ2v) is 16.0. The van der Waals surface area contributed by atoms with E-state index in [2.05, 4.69) is 40.5 Å². The highest BCUT2D eigenvalue weighted by Crippen LogP contribution is 2.48. The number of imidazole rings is 1. The molecule has 1 unspecified atom stereocenters. The lowest BCUT2D eigenvalue weighted by Gasteiger charge is -2.43. The number of anilines is 1. The number of piperazine rings is 1. The smallest absolute Gasteiger partial charge is 0.327 e. The number of H-pyrrole nitrogens is 1. The molecule has 2 amide bonds. The van der Waals surface area contributed by atoms with Crippen LogP contribution in [-0.2, 0) is 16.0 Å². The molecule has 13 heteroatoms. The van der Waals surface area contributed by atoms with Crippen molar-refractivity contribution in [3.63, 3.8) is 0 Å². The molecule has 0 radical (unpaired) electrons. The number of pyridine rings is 1. The molecular formula is C38H45F2N7O3S. The monoisotopic (exact) mass is 717 g/mol. The van der Waals surface area contributed by atoms with Crippen molar-refractivity contribution in [3.05, 3.63) is 94.0 Å². The van der Waals surface area contributed by atoms with E-state index >= 15 is 4.39 Å².